The van der Waals surface area contributed by atoms with Crippen molar-refractivity contribution in [2.45, 2.75) is 38.6 Å². The van der Waals surface area contributed by atoms with Crippen molar-refractivity contribution in [2.24, 2.45) is 5.73 Å². The van der Waals surface area contributed by atoms with Crippen molar-refractivity contribution in [1.82, 2.24) is 0 Å². The Kier molecular flexibility index (Phi) is 4.37. The molecule has 1 aromatic carbocycles. The second-order valence-corrected chi connectivity index (χ2v) is 5.30. The number of nitro benzene ring substituents is 1. The minimum absolute atomic E-state index is 0.00513. The van der Waals surface area contributed by atoms with E-state index in [9.17, 15) is 10.1 Å². The predicted octanol–water partition coefficient (Wildman–Crippen LogP) is 2.47. The fraction of sp³-hybridized carbons (Fsp3) is 0.571. The number of rotatable bonds is 4. The maximum atomic E-state index is 10.9. The molecule has 1 aliphatic heterocycles. The first-order chi connectivity index (χ1) is 9.08. The summed E-state index contributed by atoms with van der Waals surface area (Å²) in [6.45, 7) is 3.99. The zero-order valence-electron chi connectivity index (χ0n) is 11.3. The molecular formula is C14H21N3O2. The molecule has 2 N–H and O–H groups in total. The third-order valence-corrected chi connectivity index (χ3v) is 3.51. The summed E-state index contributed by atoms with van der Waals surface area (Å²) in [6, 6.07) is 5.15. The molecule has 5 heteroatoms. The number of hydrogen-bond donors (Lipinski definition) is 1. The highest BCUT2D eigenvalue weighted by Crippen LogP contribution is 2.28. The summed E-state index contributed by atoms with van der Waals surface area (Å²) in [6.07, 6.45) is 4.32. The molecule has 1 aromatic rings. The van der Waals surface area contributed by atoms with Crippen molar-refractivity contribution in [1.29, 1.82) is 0 Å². The fourth-order valence-corrected chi connectivity index (χ4v) is 2.64. The smallest absolute Gasteiger partial charge is 0.269 e. The van der Waals surface area contributed by atoms with Gasteiger partial charge in [0, 0.05) is 37.0 Å². The SMILES string of the molecule is CC(N)Cc1cc([N+](=O)[O-])ccc1N1CCCCC1. The van der Waals surface area contributed by atoms with Gasteiger partial charge in [-0.05, 0) is 44.2 Å². The van der Waals surface area contributed by atoms with Crippen LogP contribution >= 0.6 is 0 Å². The monoisotopic (exact) mass is 263 g/mol. The first-order valence-electron chi connectivity index (χ1n) is 6.86. The van der Waals surface area contributed by atoms with Crippen LogP contribution in [0.4, 0.5) is 11.4 Å². The van der Waals surface area contributed by atoms with E-state index in [1.165, 1.54) is 19.3 Å². The maximum Gasteiger partial charge on any atom is 0.269 e. The van der Waals surface area contributed by atoms with Crippen molar-refractivity contribution in [3.05, 3.63) is 33.9 Å². The van der Waals surface area contributed by atoms with Crippen LogP contribution in [-0.4, -0.2) is 24.1 Å². The Labute approximate surface area is 113 Å². The van der Waals surface area contributed by atoms with Crippen molar-refractivity contribution < 1.29 is 4.92 Å². The van der Waals surface area contributed by atoms with Crippen molar-refractivity contribution in [3.63, 3.8) is 0 Å². The molecule has 1 aliphatic rings. The zero-order chi connectivity index (χ0) is 13.8. The average Bonchev–Trinajstić information content (AvgIpc) is 2.39. The van der Waals surface area contributed by atoms with E-state index in [0.717, 1.165) is 24.3 Å². The summed E-state index contributed by atoms with van der Waals surface area (Å²) >= 11 is 0. The number of anilines is 1. The number of hydrogen-bond acceptors (Lipinski definition) is 4. The van der Waals surface area contributed by atoms with Gasteiger partial charge < -0.3 is 10.6 Å². The number of piperidine rings is 1. The summed E-state index contributed by atoms with van der Waals surface area (Å²) < 4.78 is 0. The predicted molar refractivity (Wildman–Crippen MR) is 76.5 cm³/mol. The van der Waals surface area contributed by atoms with Gasteiger partial charge >= 0.3 is 0 Å². The Bertz CT molecular complexity index is 454. The lowest BCUT2D eigenvalue weighted by atomic mass is 10.0. The Hall–Kier alpha value is -1.62. The summed E-state index contributed by atoms with van der Waals surface area (Å²) in [5, 5.41) is 10.9. The topological polar surface area (TPSA) is 72.4 Å². The van der Waals surface area contributed by atoms with Crippen LogP contribution in [0.2, 0.25) is 0 Å². The number of nitro groups is 1. The minimum Gasteiger partial charge on any atom is -0.371 e. The van der Waals surface area contributed by atoms with Crippen molar-refractivity contribution in [3.8, 4) is 0 Å². The number of nitrogens with two attached hydrogens (primary N) is 1. The summed E-state index contributed by atoms with van der Waals surface area (Å²) in [5.41, 5.74) is 8.12. The third kappa shape index (κ3) is 3.44. The van der Waals surface area contributed by atoms with Crippen LogP contribution in [0.3, 0.4) is 0 Å². The van der Waals surface area contributed by atoms with Gasteiger partial charge in [-0.3, -0.25) is 10.1 Å². The Balaban J connectivity index is 2.31. The summed E-state index contributed by atoms with van der Waals surface area (Å²) in [4.78, 5) is 12.9. The summed E-state index contributed by atoms with van der Waals surface area (Å²) in [7, 11) is 0. The molecule has 0 aliphatic carbocycles. The van der Waals surface area contributed by atoms with E-state index in [1.54, 1.807) is 12.1 Å². The van der Waals surface area contributed by atoms with Gasteiger partial charge in [-0.1, -0.05) is 0 Å². The molecule has 0 spiro atoms. The lowest BCUT2D eigenvalue weighted by Gasteiger charge is -2.30. The Morgan fingerprint density at radius 3 is 2.63 bits per heavy atom. The first kappa shape index (κ1) is 13.8. The van der Waals surface area contributed by atoms with E-state index in [0.29, 0.717) is 6.42 Å². The van der Waals surface area contributed by atoms with E-state index >= 15 is 0 Å². The van der Waals surface area contributed by atoms with Gasteiger partial charge in [0.25, 0.3) is 5.69 Å². The van der Waals surface area contributed by atoms with E-state index in [1.807, 2.05) is 13.0 Å². The minimum atomic E-state index is -0.343. The largest absolute Gasteiger partial charge is 0.371 e. The van der Waals surface area contributed by atoms with Crippen LogP contribution in [0.25, 0.3) is 0 Å². The van der Waals surface area contributed by atoms with Crippen LogP contribution in [-0.2, 0) is 6.42 Å². The molecule has 104 valence electrons. The third-order valence-electron chi connectivity index (χ3n) is 3.51. The van der Waals surface area contributed by atoms with Crippen molar-refractivity contribution in [2.75, 3.05) is 18.0 Å². The van der Waals surface area contributed by atoms with Crippen LogP contribution < -0.4 is 10.6 Å². The number of non-ortho nitro benzene ring substituents is 1. The summed E-state index contributed by atoms with van der Waals surface area (Å²) in [5.74, 6) is 0. The fourth-order valence-electron chi connectivity index (χ4n) is 2.64. The van der Waals surface area contributed by atoms with Gasteiger partial charge in [0.05, 0.1) is 4.92 Å². The van der Waals surface area contributed by atoms with Gasteiger partial charge in [-0.25, -0.2) is 0 Å². The molecule has 1 fully saturated rings. The molecule has 0 aromatic heterocycles. The normalized spacial score (nSPS) is 17.3. The maximum absolute atomic E-state index is 10.9. The molecule has 5 nitrogen and oxygen atoms in total. The van der Waals surface area contributed by atoms with Gasteiger partial charge in [-0.2, -0.15) is 0 Å². The Morgan fingerprint density at radius 2 is 2.05 bits per heavy atom. The van der Waals surface area contributed by atoms with E-state index in [4.69, 9.17) is 5.73 Å². The molecule has 1 atom stereocenters. The second-order valence-electron chi connectivity index (χ2n) is 5.30. The highest BCUT2D eigenvalue weighted by atomic mass is 16.6. The molecular weight excluding hydrogens is 242 g/mol. The van der Waals surface area contributed by atoms with Crippen molar-refractivity contribution >= 4 is 11.4 Å². The standard InChI is InChI=1S/C14H21N3O2/c1-11(15)9-12-10-13(17(18)19)5-6-14(12)16-7-3-2-4-8-16/h5-6,10-11H,2-4,7-9,15H2,1H3. The quantitative estimate of drug-likeness (QED) is 0.669. The van der Waals surface area contributed by atoms with Crippen LogP contribution in [0.1, 0.15) is 31.7 Å². The van der Waals surface area contributed by atoms with Gasteiger partial charge in [0.15, 0.2) is 0 Å². The molecule has 1 heterocycles. The number of benzene rings is 1. The molecule has 0 bridgehead atoms. The lowest BCUT2D eigenvalue weighted by Crippen LogP contribution is -2.31. The highest BCUT2D eigenvalue weighted by molar-refractivity contribution is 5.58. The van der Waals surface area contributed by atoms with E-state index in [2.05, 4.69) is 4.90 Å². The van der Waals surface area contributed by atoms with E-state index < -0.39 is 0 Å². The van der Waals surface area contributed by atoms with Gasteiger partial charge in [0.2, 0.25) is 0 Å². The second kappa shape index (κ2) is 6.02. The van der Waals surface area contributed by atoms with Gasteiger partial charge in [-0.15, -0.1) is 0 Å². The first-order valence-corrected chi connectivity index (χ1v) is 6.86. The number of nitrogens with zero attached hydrogens (tertiary/aromatic N) is 2. The molecule has 1 saturated heterocycles. The molecule has 1 unspecified atom stereocenters. The van der Waals surface area contributed by atoms with Crippen LogP contribution in [0.15, 0.2) is 18.2 Å². The van der Waals surface area contributed by atoms with Gasteiger partial charge in [0.1, 0.15) is 0 Å². The highest BCUT2D eigenvalue weighted by Gasteiger charge is 2.18. The molecule has 19 heavy (non-hydrogen) atoms. The lowest BCUT2D eigenvalue weighted by molar-refractivity contribution is -0.384. The average molecular weight is 263 g/mol. The van der Waals surface area contributed by atoms with Crippen LogP contribution in [0, 0.1) is 10.1 Å². The molecule has 0 amide bonds. The molecule has 0 radical (unpaired) electrons. The zero-order valence-corrected chi connectivity index (χ0v) is 11.3. The van der Waals surface area contributed by atoms with E-state index in [-0.39, 0.29) is 16.7 Å². The Morgan fingerprint density at radius 1 is 1.37 bits per heavy atom. The molecule has 2 rings (SSSR count). The molecule has 0 saturated carbocycles. The van der Waals surface area contributed by atoms with Crippen LogP contribution in [0.5, 0.6) is 0 Å².